The molecule has 28 heavy (non-hydrogen) atoms. The van der Waals surface area contributed by atoms with Gasteiger partial charge in [0.15, 0.2) is 16.7 Å². The molecule has 1 fully saturated rings. The predicted molar refractivity (Wildman–Crippen MR) is 114 cm³/mol. The van der Waals surface area contributed by atoms with Crippen molar-refractivity contribution in [2.24, 2.45) is 10.2 Å². The standard InChI is InChI=1S/C19H17Cl2N3O3S/c1-2-26-17-8-12(9-22-24-19-23-18(25)11-28-19)6-7-16(17)27-10-13-14(20)4-3-5-15(13)21/h3-9H,2,10-11H2,1H3,(H,23,24,25). The maximum absolute atomic E-state index is 11.1. The van der Waals surface area contributed by atoms with Crippen LogP contribution in [0, 0.1) is 0 Å². The van der Waals surface area contributed by atoms with Crippen molar-refractivity contribution in [2.75, 3.05) is 12.4 Å². The first-order chi connectivity index (χ1) is 13.6. The number of nitrogens with zero attached hydrogens (tertiary/aromatic N) is 2. The van der Waals surface area contributed by atoms with Gasteiger partial charge in [0.05, 0.1) is 18.6 Å². The second-order valence-corrected chi connectivity index (χ2v) is 7.39. The number of carbonyl (C=O) groups excluding carboxylic acids is 1. The van der Waals surface area contributed by atoms with Crippen LogP contribution >= 0.6 is 35.0 Å². The van der Waals surface area contributed by atoms with Crippen LogP contribution in [0.4, 0.5) is 0 Å². The zero-order chi connectivity index (χ0) is 19.9. The number of hydrogen-bond acceptors (Lipinski definition) is 6. The number of amides is 1. The molecule has 6 nitrogen and oxygen atoms in total. The highest BCUT2D eigenvalue weighted by molar-refractivity contribution is 8.15. The summed E-state index contributed by atoms with van der Waals surface area (Å²) in [5.41, 5.74) is 1.50. The Kier molecular flexibility index (Phi) is 7.19. The topological polar surface area (TPSA) is 72.3 Å². The molecule has 146 valence electrons. The van der Waals surface area contributed by atoms with E-state index in [1.54, 1.807) is 36.5 Å². The molecule has 0 aliphatic carbocycles. The van der Waals surface area contributed by atoms with Crippen LogP contribution in [-0.2, 0) is 11.4 Å². The molecule has 1 amide bonds. The summed E-state index contributed by atoms with van der Waals surface area (Å²) in [4.78, 5) is 11.1. The van der Waals surface area contributed by atoms with Crippen molar-refractivity contribution in [2.45, 2.75) is 13.5 Å². The van der Waals surface area contributed by atoms with Gasteiger partial charge < -0.3 is 14.8 Å². The molecule has 0 aromatic heterocycles. The van der Waals surface area contributed by atoms with Gasteiger partial charge in [0.25, 0.3) is 0 Å². The van der Waals surface area contributed by atoms with Crippen LogP contribution in [0.3, 0.4) is 0 Å². The fourth-order valence-corrected chi connectivity index (χ4v) is 3.48. The smallest absolute Gasteiger partial charge is 0.236 e. The van der Waals surface area contributed by atoms with Gasteiger partial charge in [-0.15, -0.1) is 5.10 Å². The second kappa shape index (κ2) is 9.82. The molecule has 0 radical (unpaired) electrons. The largest absolute Gasteiger partial charge is 0.490 e. The number of ether oxygens (including phenoxy) is 2. The predicted octanol–water partition coefficient (Wildman–Crippen LogP) is 4.52. The summed E-state index contributed by atoms with van der Waals surface area (Å²) in [6.45, 7) is 2.59. The van der Waals surface area contributed by atoms with Crippen LogP contribution in [0.1, 0.15) is 18.1 Å². The molecule has 0 atom stereocenters. The molecule has 0 spiro atoms. The van der Waals surface area contributed by atoms with Crippen LogP contribution in [0.2, 0.25) is 10.0 Å². The van der Waals surface area contributed by atoms with Crippen molar-refractivity contribution in [3.8, 4) is 11.5 Å². The van der Waals surface area contributed by atoms with E-state index in [1.165, 1.54) is 11.8 Å². The number of halogens is 2. The zero-order valence-electron chi connectivity index (χ0n) is 14.9. The first kappa shape index (κ1) is 20.5. The third-order valence-corrected chi connectivity index (χ3v) is 5.21. The number of benzene rings is 2. The molecule has 0 saturated carbocycles. The van der Waals surface area contributed by atoms with Crippen molar-refractivity contribution in [3.63, 3.8) is 0 Å². The van der Waals surface area contributed by atoms with Crippen molar-refractivity contribution < 1.29 is 14.3 Å². The molecule has 2 aromatic carbocycles. The summed E-state index contributed by atoms with van der Waals surface area (Å²) in [5, 5.41) is 12.2. The van der Waals surface area contributed by atoms with Crippen molar-refractivity contribution in [3.05, 3.63) is 57.6 Å². The lowest BCUT2D eigenvalue weighted by Gasteiger charge is -2.14. The Labute approximate surface area is 176 Å². The Hall–Kier alpha value is -2.22. The maximum atomic E-state index is 11.1. The van der Waals surface area contributed by atoms with E-state index >= 15 is 0 Å². The summed E-state index contributed by atoms with van der Waals surface area (Å²) < 4.78 is 11.5. The number of amidine groups is 1. The van der Waals surface area contributed by atoms with Crippen LogP contribution in [0.25, 0.3) is 0 Å². The third-order valence-electron chi connectivity index (χ3n) is 3.64. The minimum Gasteiger partial charge on any atom is -0.490 e. The summed E-state index contributed by atoms with van der Waals surface area (Å²) in [7, 11) is 0. The molecular weight excluding hydrogens is 421 g/mol. The van der Waals surface area contributed by atoms with Gasteiger partial charge in [-0.25, -0.2) is 0 Å². The quantitative estimate of drug-likeness (QED) is 0.510. The lowest BCUT2D eigenvalue weighted by Crippen LogP contribution is -2.19. The number of nitrogens with one attached hydrogen (secondary N) is 1. The molecule has 1 saturated heterocycles. The lowest BCUT2D eigenvalue weighted by molar-refractivity contribution is -0.116. The Morgan fingerprint density at radius 1 is 1.18 bits per heavy atom. The van der Waals surface area contributed by atoms with Gasteiger partial charge in [-0.1, -0.05) is 41.0 Å². The highest BCUT2D eigenvalue weighted by atomic mass is 35.5. The van der Waals surface area contributed by atoms with Crippen molar-refractivity contribution in [1.29, 1.82) is 0 Å². The fraction of sp³-hybridized carbons (Fsp3) is 0.211. The third kappa shape index (κ3) is 5.41. The van der Waals surface area contributed by atoms with Gasteiger partial charge in [-0.05, 0) is 42.8 Å². The maximum Gasteiger partial charge on any atom is 0.236 e. The Morgan fingerprint density at radius 3 is 2.64 bits per heavy atom. The number of thioether (sulfide) groups is 1. The van der Waals surface area contributed by atoms with Crippen LogP contribution < -0.4 is 14.8 Å². The molecule has 3 rings (SSSR count). The number of rotatable bonds is 7. The molecule has 1 heterocycles. The first-order valence-electron chi connectivity index (χ1n) is 8.43. The molecular formula is C19H17Cl2N3O3S. The lowest BCUT2D eigenvalue weighted by atomic mass is 10.2. The Bertz CT molecular complexity index is 914. The van der Waals surface area contributed by atoms with E-state index in [0.29, 0.717) is 44.6 Å². The zero-order valence-corrected chi connectivity index (χ0v) is 17.3. The summed E-state index contributed by atoms with van der Waals surface area (Å²) in [6, 6.07) is 10.7. The normalized spacial score (nSPS) is 15.2. The molecule has 0 unspecified atom stereocenters. The minimum absolute atomic E-state index is 0.0716. The van der Waals surface area contributed by atoms with E-state index in [9.17, 15) is 4.79 Å². The van der Waals surface area contributed by atoms with E-state index < -0.39 is 0 Å². The van der Waals surface area contributed by atoms with E-state index in [4.69, 9.17) is 32.7 Å². The summed E-state index contributed by atoms with van der Waals surface area (Å²) >= 11 is 13.7. The molecule has 9 heteroatoms. The van der Waals surface area contributed by atoms with Gasteiger partial charge in [0.2, 0.25) is 5.91 Å². The van der Waals surface area contributed by atoms with E-state index in [2.05, 4.69) is 15.5 Å². The first-order valence-corrected chi connectivity index (χ1v) is 10.2. The average molecular weight is 438 g/mol. The highest BCUT2D eigenvalue weighted by Crippen LogP contribution is 2.31. The molecule has 1 N–H and O–H groups in total. The monoisotopic (exact) mass is 437 g/mol. The molecule has 1 aliphatic heterocycles. The number of carbonyl (C=O) groups is 1. The highest BCUT2D eigenvalue weighted by Gasteiger charge is 2.16. The molecule has 2 aromatic rings. The van der Waals surface area contributed by atoms with Crippen LogP contribution in [-0.4, -0.2) is 29.6 Å². The van der Waals surface area contributed by atoms with Crippen LogP contribution in [0.5, 0.6) is 11.5 Å². The van der Waals surface area contributed by atoms with Gasteiger partial charge in [0, 0.05) is 15.6 Å². The van der Waals surface area contributed by atoms with E-state index in [-0.39, 0.29) is 12.5 Å². The van der Waals surface area contributed by atoms with Gasteiger partial charge in [0.1, 0.15) is 6.61 Å². The fourth-order valence-electron chi connectivity index (χ4n) is 2.34. The summed E-state index contributed by atoms with van der Waals surface area (Å²) in [5.74, 6) is 1.44. The Balaban J connectivity index is 1.72. The minimum atomic E-state index is -0.0716. The van der Waals surface area contributed by atoms with Crippen molar-refractivity contribution in [1.82, 2.24) is 5.32 Å². The van der Waals surface area contributed by atoms with Gasteiger partial charge in [-0.3, -0.25) is 4.79 Å². The van der Waals surface area contributed by atoms with E-state index in [0.717, 1.165) is 5.56 Å². The molecule has 0 bridgehead atoms. The Morgan fingerprint density at radius 2 is 1.96 bits per heavy atom. The number of hydrogen-bond donors (Lipinski definition) is 1. The molecule has 1 aliphatic rings. The van der Waals surface area contributed by atoms with Crippen molar-refractivity contribution >= 4 is 52.3 Å². The summed E-state index contributed by atoms with van der Waals surface area (Å²) in [6.07, 6.45) is 1.58. The van der Waals surface area contributed by atoms with Gasteiger partial charge >= 0.3 is 0 Å². The van der Waals surface area contributed by atoms with Gasteiger partial charge in [-0.2, -0.15) is 5.10 Å². The second-order valence-electron chi connectivity index (χ2n) is 5.61. The van der Waals surface area contributed by atoms with E-state index in [1.807, 2.05) is 13.0 Å². The van der Waals surface area contributed by atoms with Crippen LogP contribution in [0.15, 0.2) is 46.6 Å². The average Bonchev–Trinajstić information content (AvgIpc) is 3.08. The SMILES string of the molecule is CCOc1cc(C=NN=C2NC(=O)CS2)ccc1OCc1c(Cl)cccc1Cl.